The van der Waals surface area contributed by atoms with Gasteiger partial charge in [0.05, 0.1) is 0 Å². The van der Waals surface area contributed by atoms with E-state index in [4.69, 9.17) is 5.11 Å². The smallest absolute Gasteiger partial charge is 0.326 e. The Kier molecular flexibility index (Phi) is 4.37. The Morgan fingerprint density at radius 2 is 2.29 bits per heavy atom. The Morgan fingerprint density at radius 1 is 1.52 bits per heavy atom. The van der Waals surface area contributed by atoms with Crippen LogP contribution in [0.3, 0.4) is 0 Å². The number of hydrogen-bond acceptors (Lipinski definition) is 3. The fraction of sp³-hybridized carbons (Fsp3) is 0.267. The summed E-state index contributed by atoms with van der Waals surface area (Å²) in [5.41, 5.74) is 1.89. The van der Waals surface area contributed by atoms with Crippen molar-refractivity contribution < 1.29 is 14.7 Å². The van der Waals surface area contributed by atoms with Crippen molar-refractivity contribution >= 4 is 17.5 Å². The van der Waals surface area contributed by atoms with Crippen LogP contribution in [0.4, 0.5) is 0 Å². The fourth-order valence-corrected chi connectivity index (χ4v) is 1.92. The van der Waals surface area contributed by atoms with Crippen molar-refractivity contribution in [1.82, 2.24) is 14.7 Å². The van der Waals surface area contributed by atoms with Gasteiger partial charge in [0, 0.05) is 12.4 Å². The highest BCUT2D eigenvalue weighted by molar-refractivity contribution is 5.95. The van der Waals surface area contributed by atoms with Gasteiger partial charge < -0.3 is 14.8 Å². The van der Waals surface area contributed by atoms with Gasteiger partial charge in [-0.25, -0.2) is 9.78 Å². The van der Waals surface area contributed by atoms with Crippen LogP contribution < -0.4 is 5.32 Å². The van der Waals surface area contributed by atoms with Crippen molar-refractivity contribution in [2.24, 2.45) is 0 Å². The lowest BCUT2D eigenvalue weighted by molar-refractivity contribution is -0.139. The number of hydrogen-bond donors (Lipinski definition) is 2. The van der Waals surface area contributed by atoms with E-state index in [1.165, 1.54) is 0 Å². The van der Waals surface area contributed by atoms with E-state index in [0.717, 1.165) is 5.56 Å². The lowest BCUT2D eigenvalue weighted by Gasteiger charge is -2.11. The third kappa shape index (κ3) is 3.47. The molecule has 2 aromatic rings. The van der Waals surface area contributed by atoms with E-state index in [0.29, 0.717) is 5.65 Å². The minimum atomic E-state index is -1.07. The SMILES string of the molecule is C/C=C/CC(NC(=O)c1cn2ccc(C)cc2n1)C(=O)O. The van der Waals surface area contributed by atoms with Crippen molar-refractivity contribution in [3.05, 3.63) is 47.9 Å². The van der Waals surface area contributed by atoms with Crippen LogP contribution in [0.2, 0.25) is 0 Å². The second-order valence-electron chi connectivity index (χ2n) is 4.76. The molecule has 110 valence electrons. The fourth-order valence-electron chi connectivity index (χ4n) is 1.92. The number of fused-ring (bicyclic) bond motifs is 1. The van der Waals surface area contributed by atoms with Crippen molar-refractivity contribution in [3.8, 4) is 0 Å². The molecule has 0 radical (unpaired) electrons. The van der Waals surface area contributed by atoms with Gasteiger partial charge in [-0.2, -0.15) is 0 Å². The second kappa shape index (κ2) is 6.21. The van der Waals surface area contributed by atoms with E-state index >= 15 is 0 Å². The molecular weight excluding hydrogens is 270 g/mol. The summed E-state index contributed by atoms with van der Waals surface area (Å²) in [6.45, 7) is 3.73. The normalized spacial score (nSPS) is 12.7. The highest BCUT2D eigenvalue weighted by Crippen LogP contribution is 2.08. The van der Waals surface area contributed by atoms with Gasteiger partial charge in [-0.3, -0.25) is 4.79 Å². The summed E-state index contributed by atoms with van der Waals surface area (Å²) in [6, 6.07) is 2.80. The molecule has 2 rings (SSSR count). The zero-order chi connectivity index (χ0) is 15.4. The number of aryl methyl sites for hydroxylation is 1. The van der Waals surface area contributed by atoms with Gasteiger partial charge >= 0.3 is 5.97 Å². The topological polar surface area (TPSA) is 83.7 Å². The number of allylic oxidation sites excluding steroid dienone is 1. The van der Waals surface area contributed by atoms with Gasteiger partial charge in [-0.1, -0.05) is 12.2 Å². The number of nitrogens with one attached hydrogen (secondary N) is 1. The third-order valence-corrected chi connectivity index (χ3v) is 3.06. The van der Waals surface area contributed by atoms with Crippen molar-refractivity contribution in [3.63, 3.8) is 0 Å². The van der Waals surface area contributed by atoms with Crippen LogP contribution in [0.15, 0.2) is 36.7 Å². The number of nitrogens with zero attached hydrogens (tertiary/aromatic N) is 2. The van der Waals surface area contributed by atoms with Gasteiger partial charge in [-0.05, 0) is 38.0 Å². The highest BCUT2D eigenvalue weighted by Gasteiger charge is 2.20. The predicted octanol–water partition coefficient (Wildman–Crippen LogP) is 1.79. The molecule has 6 nitrogen and oxygen atoms in total. The molecule has 0 saturated heterocycles. The largest absolute Gasteiger partial charge is 0.480 e. The van der Waals surface area contributed by atoms with Gasteiger partial charge in [0.1, 0.15) is 17.4 Å². The molecule has 21 heavy (non-hydrogen) atoms. The number of aliphatic carboxylic acids is 1. The molecule has 0 aliphatic heterocycles. The van der Waals surface area contributed by atoms with Crippen LogP contribution in [0, 0.1) is 6.92 Å². The van der Waals surface area contributed by atoms with E-state index in [1.54, 1.807) is 29.7 Å². The number of aromatic nitrogens is 2. The first-order valence-electron chi connectivity index (χ1n) is 6.61. The second-order valence-corrected chi connectivity index (χ2v) is 4.76. The lowest BCUT2D eigenvalue weighted by atomic mass is 10.2. The minimum absolute atomic E-state index is 0.201. The van der Waals surface area contributed by atoms with E-state index in [1.807, 2.05) is 25.3 Å². The number of carbonyl (C=O) groups excluding carboxylic acids is 1. The van der Waals surface area contributed by atoms with E-state index in [9.17, 15) is 9.59 Å². The molecule has 0 bridgehead atoms. The van der Waals surface area contributed by atoms with Gasteiger partial charge in [0.25, 0.3) is 5.91 Å². The molecule has 2 heterocycles. The zero-order valence-corrected chi connectivity index (χ0v) is 11.9. The first-order valence-corrected chi connectivity index (χ1v) is 6.61. The average Bonchev–Trinajstić information content (AvgIpc) is 2.85. The van der Waals surface area contributed by atoms with Gasteiger partial charge in [0.2, 0.25) is 0 Å². The molecule has 1 atom stereocenters. The van der Waals surface area contributed by atoms with Crippen molar-refractivity contribution in [1.29, 1.82) is 0 Å². The monoisotopic (exact) mass is 287 g/mol. The van der Waals surface area contributed by atoms with Crippen molar-refractivity contribution in [2.45, 2.75) is 26.3 Å². The summed E-state index contributed by atoms with van der Waals surface area (Å²) >= 11 is 0. The third-order valence-electron chi connectivity index (χ3n) is 3.06. The summed E-state index contributed by atoms with van der Waals surface area (Å²) in [5.74, 6) is -1.56. The number of carboxylic acids is 1. The maximum atomic E-state index is 12.1. The van der Waals surface area contributed by atoms with Crippen LogP contribution in [0.1, 0.15) is 29.4 Å². The van der Waals surface area contributed by atoms with Gasteiger partial charge in [0.15, 0.2) is 0 Å². The molecule has 2 aromatic heterocycles. The van der Waals surface area contributed by atoms with Gasteiger partial charge in [-0.15, -0.1) is 0 Å². The number of carbonyl (C=O) groups is 2. The van der Waals surface area contributed by atoms with Crippen LogP contribution in [-0.2, 0) is 4.79 Å². The predicted molar refractivity (Wildman–Crippen MR) is 78.3 cm³/mol. The van der Waals surface area contributed by atoms with E-state index in [2.05, 4.69) is 10.3 Å². The molecule has 0 aromatic carbocycles. The van der Waals surface area contributed by atoms with Crippen molar-refractivity contribution in [2.75, 3.05) is 0 Å². The summed E-state index contributed by atoms with van der Waals surface area (Å²) in [4.78, 5) is 27.4. The first-order chi connectivity index (χ1) is 10.0. The molecule has 2 N–H and O–H groups in total. The minimum Gasteiger partial charge on any atom is -0.480 e. The standard InChI is InChI=1S/C15H17N3O3/c1-3-4-5-11(15(20)21)17-14(19)12-9-18-7-6-10(2)8-13(18)16-12/h3-4,6-9,11H,5H2,1-2H3,(H,17,19)(H,20,21)/b4-3+. The van der Waals surface area contributed by atoms with Crippen LogP contribution in [0.5, 0.6) is 0 Å². The van der Waals surface area contributed by atoms with E-state index in [-0.39, 0.29) is 12.1 Å². The Bertz CT molecular complexity index is 703. The molecule has 0 fully saturated rings. The number of amides is 1. The van der Waals surface area contributed by atoms with Crippen LogP contribution >= 0.6 is 0 Å². The quantitative estimate of drug-likeness (QED) is 0.821. The maximum absolute atomic E-state index is 12.1. The maximum Gasteiger partial charge on any atom is 0.326 e. The van der Waals surface area contributed by atoms with E-state index < -0.39 is 17.9 Å². The summed E-state index contributed by atoms with van der Waals surface area (Å²) in [7, 11) is 0. The summed E-state index contributed by atoms with van der Waals surface area (Å²) in [6.07, 6.45) is 7.08. The molecular formula is C15H17N3O3. The molecule has 0 saturated carbocycles. The Labute approximate surface area is 122 Å². The van der Waals surface area contributed by atoms with Crippen LogP contribution in [0.25, 0.3) is 5.65 Å². The molecule has 0 aliphatic rings. The number of rotatable bonds is 5. The molecule has 1 unspecified atom stereocenters. The average molecular weight is 287 g/mol. The zero-order valence-electron chi connectivity index (χ0n) is 11.9. The Morgan fingerprint density at radius 3 is 2.95 bits per heavy atom. The Hall–Kier alpha value is -2.63. The highest BCUT2D eigenvalue weighted by atomic mass is 16.4. The molecule has 1 amide bonds. The Balaban J connectivity index is 2.18. The number of carboxylic acid groups (broad SMARTS) is 1. The molecule has 0 aliphatic carbocycles. The summed E-state index contributed by atoms with van der Waals surface area (Å²) in [5, 5.41) is 11.6. The summed E-state index contributed by atoms with van der Waals surface area (Å²) < 4.78 is 1.73. The first kappa shape index (κ1) is 14.8. The number of imidazole rings is 1. The number of pyridine rings is 1. The molecule has 0 spiro atoms. The lowest BCUT2D eigenvalue weighted by Crippen LogP contribution is -2.40. The molecule has 6 heteroatoms. The van der Waals surface area contributed by atoms with Crippen LogP contribution in [-0.4, -0.2) is 32.4 Å².